The molecule has 3 aromatic carbocycles. The van der Waals surface area contributed by atoms with Crippen LogP contribution in [0, 0.1) is 0 Å². The van der Waals surface area contributed by atoms with Crippen LogP contribution in [0.5, 0.6) is 0 Å². The number of ether oxygens (including phenoxy) is 1. The molecule has 6 heteroatoms. The van der Waals surface area contributed by atoms with Gasteiger partial charge in [0.05, 0.1) is 5.56 Å². The standard InChI is InChI=1S/C33H44O4.C18H36O2/c1-2-3-4-11-20-28(21-12-9-7-5-6-8-10-13-24-31(34)35)37-33(36)32-29-22-16-14-18-26(29)25-27-19-15-17-23-30(27)32;1-2-3-4-5-6-7-8-9-10-11-12-13-14-15-16-17-18(19)20/h14-19,22-23,25,28H,2-13,20-21,24H2,1H3,(H,34,35);2-17H2,1H3,(H,19,20). The number of fused-ring (bicyclic) bond motifs is 2. The lowest BCUT2D eigenvalue weighted by Gasteiger charge is -2.20. The van der Waals surface area contributed by atoms with Crippen molar-refractivity contribution in [3.8, 4) is 0 Å². The molecule has 6 nitrogen and oxygen atoms in total. The predicted octanol–water partition coefficient (Wildman–Crippen LogP) is 15.8. The van der Waals surface area contributed by atoms with E-state index in [2.05, 4.69) is 32.0 Å². The summed E-state index contributed by atoms with van der Waals surface area (Å²) < 4.78 is 6.24. The Hall–Kier alpha value is -3.41. The van der Waals surface area contributed by atoms with Crippen molar-refractivity contribution in [2.45, 2.75) is 219 Å². The third kappa shape index (κ3) is 24.2. The Bertz CT molecular complexity index is 1430. The van der Waals surface area contributed by atoms with Crippen LogP contribution in [0.4, 0.5) is 0 Å². The molecule has 0 aliphatic rings. The third-order valence-electron chi connectivity index (χ3n) is 11.3. The molecule has 0 aromatic heterocycles. The Morgan fingerprint density at radius 3 is 1.14 bits per heavy atom. The zero-order valence-corrected chi connectivity index (χ0v) is 36.2. The van der Waals surface area contributed by atoms with Crippen LogP contribution in [-0.4, -0.2) is 34.2 Å². The van der Waals surface area contributed by atoms with Crippen LogP contribution in [0.25, 0.3) is 21.5 Å². The first-order valence-corrected chi connectivity index (χ1v) is 23.4. The highest BCUT2D eigenvalue weighted by atomic mass is 16.5. The molecule has 57 heavy (non-hydrogen) atoms. The lowest BCUT2D eigenvalue weighted by atomic mass is 9.96. The predicted molar refractivity (Wildman–Crippen MR) is 240 cm³/mol. The highest BCUT2D eigenvalue weighted by Crippen LogP contribution is 2.30. The Morgan fingerprint density at radius 1 is 0.456 bits per heavy atom. The van der Waals surface area contributed by atoms with Gasteiger partial charge in [-0.1, -0.05) is 210 Å². The summed E-state index contributed by atoms with van der Waals surface area (Å²) in [7, 11) is 0. The second-order valence-corrected chi connectivity index (χ2v) is 16.4. The van der Waals surface area contributed by atoms with Gasteiger partial charge >= 0.3 is 17.9 Å². The van der Waals surface area contributed by atoms with Crippen LogP contribution < -0.4 is 0 Å². The molecule has 0 aliphatic carbocycles. The summed E-state index contributed by atoms with van der Waals surface area (Å²) in [6, 6.07) is 18.3. The molecule has 0 radical (unpaired) electrons. The first-order chi connectivity index (χ1) is 27.9. The van der Waals surface area contributed by atoms with Crippen LogP contribution in [0.3, 0.4) is 0 Å². The smallest absolute Gasteiger partial charge is 0.339 e. The molecule has 320 valence electrons. The second kappa shape index (κ2) is 33.6. The number of hydrogen-bond donors (Lipinski definition) is 2. The maximum absolute atomic E-state index is 13.6. The molecule has 0 heterocycles. The lowest BCUT2D eigenvalue weighted by molar-refractivity contribution is -0.138. The monoisotopic (exact) mass is 789 g/mol. The number of esters is 1. The summed E-state index contributed by atoms with van der Waals surface area (Å²) in [4.78, 5) is 34.5. The van der Waals surface area contributed by atoms with E-state index in [4.69, 9.17) is 14.9 Å². The van der Waals surface area contributed by atoms with Crippen LogP contribution in [0.1, 0.15) is 223 Å². The largest absolute Gasteiger partial charge is 0.481 e. The highest BCUT2D eigenvalue weighted by molar-refractivity contribution is 6.16. The van der Waals surface area contributed by atoms with Gasteiger partial charge in [0.2, 0.25) is 0 Å². The van der Waals surface area contributed by atoms with Crippen LogP contribution in [0.15, 0.2) is 54.6 Å². The molecule has 2 N–H and O–H groups in total. The summed E-state index contributed by atoms with van der Waals surface area (Å²) in [5.74, 6) is -1.55. The van der Waals surface area contributed by atoms with Crippen molar-refractivity contribution in [3.05, 3.63) is 60.2 Å². The summed E-state index contributed by atoms with van der Waals surface area (Å²) in [6.07, 6.45) is 35.7. The first kappa shape index (κ1) is 49.7. The van der Waals surface area contributed by atoms with Gasteiger partial charge in [-0.05, 0) is 66.1 Å². The van der Waals surface area contributed by atoms with Gasteiger partial charge in [0, 0.05) is 12.8 Å². The van der Waals surface area contributed by atoms with Crippen molar-refractivity contribution >= 4 is 39.5 Å². The van der Waals surface area contributed by atoms with Gasteiger partial charge < -0.3 is 14.9 Å². The zero-order valence-electron chi connectivity index (χ0n) is 36.2. The number of carboxylic acid groups (broad SMARTS) is 2. The molecule has 0 spiro atoms. The fraction of sp³-hybridized carbons (Fsp3) is 0.667. The minimum atomic E-state index is -0.696. The minimum Gasteiger partial charge on any atom is -0.481 e. The zero-order chi connectivity index (χ0) is 41.2. The molecule has 0 saturated carbocycles. The van der Waals surface area contributed by atoms with E-state index in [-0.39, 0.29) is 18.5 Å². The Balaban J connectivity index is 0.000000476. The van der Waals surface area contributed by atoms with E-state index < -0.39 is 11.9 Å². The van der Waals surface area contributed by atoms with Crippen LogP contribution >= 0.6 is 0 Å². The Kier molecular flexibility index (Phi) is 29.3. The fourth-order valence-electron chi connectivity index (χ4n) is 7.86. The van der Waals surface area contributed by atoms with Crippen molar-refractivity contribution in [1.29, 1.82) is 0 Å². The van der Waals surface area contributed by atoms with Gasteiger partial charge in [-0.3, -0.25) is 9.59 Å². The van der Waals surface area contributed by atoms with Crippen molar-refractivity contribution < 1.29 is 29.3 Å². The normalized spacial score (nSPS) is 11.7. The SMILES string of the molecule is CCCCCCC(CCCCCCCCCCC(=O)O)OC(=O)c1c2ccccc2cc2ccccc12.CCCCCCCCCCCCCCCCCC(=O)O. The number of aliphatic carboxylic acids is 2. The van der Waals surface area contributed by atoms with Crippen LogP contribution in [0.2, 0.25) is 0 Å². The van der Waals surface area contributed by atoms with Crippen molar-refractivity contribution in [2.24, 2.45) is 0 Å². The second-order valence-electron chi connectivity index (χ2n) is 16.4. The Morgan fingerprint density at radius 2 is 0.772 bits per heavy atom. The molecule has 1 unspecified atom stereocenters. The summed E-state index contributed by atoms with van der Waals surface area (Å²) in [5.41, 5.74) is 0.690. The lowest BCUT2D eigenvalue weighted by Crippen LogP contribution is -2.19. The van der Waals surface area contributed by atoms with Crippen molar-refractivity contribution in [2.75, 3.05) is 0 Å². The Labute approximate surface area is 346 Å². The molecule has 1 atom stereocenters. The van der Waals surface area contributed by atoms with Gasteiger partial charge in [-0.25, -0.2) is 4.79 Å². The van der Waals surface area contributed by atoms with Gasteiger partial charge in [0.1, 0.15) is 6.10 Å². The third-order valence-corrected chi connectivity index (χ3v) is 11.3. The number of benzene rings is 3. The maximum Gasteiger partial charge on any atom is 0.339 e. The quantitative estimate of drug-likeness (QED) is 0.0355. The molecular weight excluding hydrogens is 709 g/mol. The minimum absolute atomic E-state index is 0.0434. The maximum atomic E-state index is 13.6. The molecule has 0 saturated heterocycles. The highest BCUT2D eigenvalue weighted by Gasteiger charge is 2.20. The van der Waals surface area contributed by atoms with E-state index in [9.17, 15) is 14.4 Å². The van der Waals surface area contributed by atoms with Gasteiger partial charge in [-0.15, -0.1) is 0 Å². The molecule has 0 bridgehead atoms. The fourth-order valence-corrected chi connectivity index (χ4v) is 7.86. The van der Waals surface area contributed by atoms with Gasteiger partial charge in [0.25, 0.3) is 0 Å². The number of carbonyl (C=O) groups excluding carboxylic acids is 1. The number of rotatable bonds is 34. The number of unbranched alkanes of at least 4 members (excludes halogenated alkanes) is 24. The number of carboxylic acids is 2. The molecular formula is C51H80O6. The number of carbonyl (C=O) groups is 3. The van der Waals surface area contributed by atoms with E-state index in [1.165, 1.54) is 122 Å². The van der Waals surface area contributed by atoms with Crippen molar-refractivity contribution in [1.82, 2.24) is 0 Å². The average Bonchev–Trinajstić information content (AvgIpc) is 3.20. The summed E-state index contributed by atoms with van der Waals surface area (Å²) in [5, 5.41) is 21.3. The van der Waals surface area contributed by atoms with E-state index in [1.54, 1.807) is 0 Å². The molecule has 3 rings (SSSR count). The van der Waals surface area contributed by atoms with Crippen LogP contribution in [-0.2, 0) is 14.3 Å². The van der Waals surface area contributed by atoms with Crippen molar-refractivity contribution in [3.63, 3.8) is 0 Å². The van der Waals surface area contributed by atoms with E-state index in [1.807, 2.05) is 36.4 Å². The molecule has 3 aromatic rings. The number of hydrogen-bond acceptors (Lipinski definition) is 4. The van der Waals surface area contributed by atoms with Gasteiger partial charge in [-0.2, -0.15) is 0 Å². The van der Waals surface area contributed by atoms with Gasteiger partial charge in [0.15, 0.2) is 0 Å². The van der Waals surface area contributed by atoms with E-state index >= 15 is 0 Å². The average molecular weight is 789 g/mol. The van der Waals surface area contributed by atoms with E-state index in [0.717, 1.165) is 85.8 Å². The first-order valence-electron chi connectivity index (χ1n) is 23.4. The summed E-state index contributed by atoms with van der Waals surface area (Å²) >= 11 is 0. The molecule has 0 aliphatic heterocycles. The van der Waals surface area contributed by atoms with E-state index in [0.29, 0.717) is 12.0 Å². The molecule has 0 fully saturated rings. The topological polar surface area (TPSA) is 101 Å². The molecule has 0 amide bonds. The summed E-state index contributed by atoms with van der Waals surface area (Å²) in [6.45, 7) is 4.49.